The van der Waals surface area contributed by atoms with Crippen molar-refractivity contribution in [2.24, 2.45) is 0 Å². The summed E-state index contributed by atoms with van der Waals surface area (Å²) in [4.78, 5) is 0. The minimum absolute atomic E-state index is 0.583. The summed E-state index contributed by atoms with van der Waals surface area (Å²) in [6.45, 7) is 7.70. The highest BCUT2D eigenvalue weighted by atomic mass is 16.5. The Morgan fingerprint density at radius 3 is 2.30 bits per heavy atom. The second-order valence-corrected chi connectivity index (χ2v) is 4.90. The molecule has 0 amide bonds. The summed E-state index contributed by atoms with van der Waals surface area (Å²) < 4.78 is 16.3. The fraction of sp³-hybridized carbons (Fsp3) is 0.625. The van der Waals surface area contributed by atoms with Gasteiger partial charge in [0.05, 0.1) is 6.61 Å². The summed E-state index contributed by atoms with van der Waals surface area (Å²) in [5.41, 5.74) is 3.63. The predicted molar refractivity (Wildman–Crippen MR) is 81.5 cm³/mol. The highest BCUT2D eigenvalue weighted by Crippen LogP contribution is 2.24. The number of methoxy groups -OCH3 is 1. The molecule has 0 fully saturated rings. The first kappa shape index (κ1) is 17.0. The van der Waals surface area contributed by atoms with Gasteiger partial charge in [-0.15, -0.1) is 0 Å². The number of rotatable bonds is 10. The number of aryl methyl sites for hydroxylation is 2. The molecule has 114 valence electrons. The molecule has 0 spiro atoms. The van der Waals surface area contributed by atoms with E-state index in [0.29, 0.717) is 13.2 Å². The molecule has 1 N–H and O–H groups in total. The zero-order valence-corrected chi connectivity index (χ0v) is 13.1. The Bertz CT molecular complexity index is 370. The first-order chi connectivity index (χ1) is 9.69. The van der Waals surface area contributed by atoms with Gasteiger partial charge in [0.1, 0.15) is 12.4 Å². The van der Waals surface area contributed by atoms with Crippen LogP contribution < -0.4 is 10.1 Å². The molecular weight excluding hydrogens is 254 g/mol. The number of ether oxygens (including phenoxy) is 3. The molecule has 0 aliphatic carbocycles. The summed E-state index contributed by atoms with van der Waals surface area (Å²) in [6.07, 6.45) is 0.924. The van der Waals surface area contributed by atoms with Gasteiger partial charge in [-0.05, 0) is 44.0 Å². The van der Waals surface area contributed by atoms with Gasteiger partial charge in [-0.2, -0.15) is 0 Å². The Morgan fingerprint density at radius 1 is 1.00 bits per heavy atom. The fourth-order valence-electron chi connectivity index (χ4n) is 2.18. The number of hydrogen-bond acceptors (Lipinski definition) is 4. The lowest BCUT2D eigenvalue weighted by Gasteiger charge is -2.14. The molecule has 1 aromatic carbocycles. The molecule has 20 heavy (non-hydrogen) atoms. The Morgan fingerprint density at radius 2 is 1.70 bits per heavy atom. The van der Waals surface area contributed by atoms with Gasteiger partial charge in [0.15, 0.2) is 0 Å². The minimum Gasteiger partial charge on any atom is -0.491 e. The van der Waals surface area contributed by atoms with E-state index < -0.39 is 0 Å². The van der Waals surface area contributed by atoms with Crippen molar-refractivity contribution in [2.75, 3.05) is 40.6 Å². The molecule has 0 atom stereocenters. The van der Waals surface area contributed by atoms with Crippen LogP contribution in [-0.4, -0.2) is 40.6 Å². The van der Waals surface area contributed by atoms with Crippen LogP contribution in [0.1, 0.15) is 23.1 Å². The van der Waals surface area contributed by atoms with Crippen molar-refractivity contribution in [1.82, 2.24) is 5.32 Å². The second kappa shape index (κ2) is 9.75. The summed E-state index contributed by atoms with van der Waals surface area (Å²) in [5.74, 6) is 0.977. The summed E-state index contributed by atoms with van der Waals surface area (Å²) in [7, 11) is 3.66. The van der Waals surface area contributed by atoms with Crippen molar-refractivity contribution in [2.45, 2.75) is 26.8 Å². The second-order valence-electron chi connectivity index (χ2n) is 4.90. The molecule has 0 aliphatic heterocycles. The first-order valence-corrected chi connectivity index (χ1v) is 7.13. The number of nitrogens with one attached hydrogen (secondary N) is 1. The molecule has 4 nitrogen and oxygen atoms in total. The summed E-state index contributed by atoms with van der Waals surface area (Å²) in [5, 5.41) is 3.16. The van der Waals surface area contributed by atoms with Crippen LogP contribution in [0.5, 0.6) is 5.75 Å². The number of benzene rings is 1. The van der Waals surface area contributed by atoms with E-state index in [-0.39, 0.29) is 0 Å². The van der Waals surface area contributed by atoms with Crippen molar-refractivity contribution in [3.63, 3.8) is 0 Å². The van der Waals surface area contributed by atoms with Gasteiger partial charge in [0, 0.05) is 26.9 Å². The molecule has 0 aromatic heterocycles. The lowest BCUT2D eigenvalue weighted by atomic mass is 10.1. The van der Waals surface area contributed by atoms with Crippen LogP contribution >= 0.6 is 0 Å². The molecule has 0 bridgehead atoms. The molecule has 0 aliphatic rings. The van der Waals surface area contributed by atoms with Crippen molar-refractivity contribution >= 4 is 0 Å². The van der Waals surface area contributed by atoms with Gasteiger partial charge in [-0.3, -0.25) is 0 Å². The standard InChI is InChI=1S/C16H27NO3/c1-13-10-15(12-17-3)11-14(2)16(13)20-9-8-19-7-5-6-18-4/h10-11,17H,5-9,12H2,1-4H3. The largest absolute Gasteiger partial charge is 0.491 e. The topological polar surface area (TPSA) is 39.7 Å². The Balaban J connectivity index is 2.36. The summed E-state index contributed by atoms with van der Waals surface area (Å²) >= 11 is 0. The zero-order valence-electron chi connectivity index (χ0n) is 13.1. The van der Waals surface area contributed by atoms with E-state index in [1.54, 1.807) is 7.11 Å². The lowest BCUT2D eigenvalue weighted by Crippen LogP contribution is -2.10. The van der Waals surface area contributed by atoms with Gasteiger partial charge in [-0.25, -0.2) is 0 Å². The van der Waals surface area contributed by atoms with E-state index in [4.69, 9.17) is 14.2 Å². The van der Waals surface area contributed by atoms with E-state index in [1.807, 2.05) is 7.05 Å². The predicted octanol–water partition coefficient (Wildman–Crippen LogP) is 2.45. The van der Waals surface area contributed by atoms with Gasteiger partial charge < -0.3 is 19.5 Å². The molecule has 4 heteroatoms. The number of hydrogen-bond donors (Lipinski definition) is 1. The maximum absolute atomic E-state index is 5.83. The highest BCUT2D eigenvalue weighted by molar-refractivity contribution is 5.43. The molecular formula is C16H27NO3. The van der Waals surface area contributed by atoms with Gasteiger partial charge in [0.25, 0.3) is 0 Å². The smallest absolute Gasteiger partial charge is 0.125 e. The van der Waals surface area contributed by atoms with E-state index in [9.17, 15) is 0 Å². The molecule has 0 unspecified atom stereocenters. The first-order valence-electron chi connectivity index (χ1n) is 7.13. The van der Waals surface area contributed by atoms with Crippen LogP contribution in [0.25, 0.3) is 0 Å². The van der Waals surface area contributed by atoms with E-state index >= 15 is 0 Å². The maximum Gasteiger partial charge on any atom is 0.125 e. The van der Waals surface area contributed by atoms with Crippen LogP contribution in [0.4, 0.5) is 0 Å². The zero-order chi connectivity index (χ0) is 14.8. The quantitative estimate of drug-likeness (QED) is 0.669. The van der Waals surface area contributed by atoms with Crippen LogP contribution in [0.3, 0.4) is 0 Å². The highest BCUT2D eigenvalue weighted by Gasteiger charge is 2.06. The fourth-order valence-corrected chi connectivity index (χ4v) is 2.18. The molecule has 0 saturated heterocycles. The third-order valence-electron chi connectivity index (χ3n) is 3.01. The van der Waals surface area contributed by atoms with Crippen LogP contribution in [-0.2, 0) is 16.0 Å². The van der Waals surface area contributed by atoms with Crippen molar-refractivity contribution in [3.8, 4) is 5.75 Å². The molecule has 1 aromatic rings. The average molecular weight is 281 g/mol. The Labute approximate surface area is 122 Å². The van der Waals surface area contributed by atoms with E-state index in [1.165, 1.54) is 16.7 Å². The Kier molecular flexibility index (Phi) is 8.26. The van der Waals surface area contributed by atoms with Crippen molar-refractivity contribution in [1.29, 1.82) is 0 Å². The van der Waals surface area contributed by atoms with Crippen molar-refractivity contribution < 1.29 is 14.2 Å². The van der Waals surface area contributed by atoms with E-state index in [0.717, 1.165) is 31.9 Å². The summed E-state index contributed by atoms with van der Waals surface area (Å²) in [6, 6.07) is 4.33. The van der Waals surface area contributed by atoms with Crippen LogP contribution in [0.2, 0.25) is 0 Å². The minimum atomic E-state index is 0.583. The Hall–Kier alpha value is -1.10. The van der Waals surface area contributed by atoms with Crippen LogP contribution in [0, 0.1) is 13.8 Å². The van der Waals surface area contributed by atoms with Gasteiger partial charge >= 0.3 is 0 Å². The van der Waals surface area contributed by atoms with Crippen LogP contribution in [0.15, 0.2) is 12.1 Å². The molecule has 0 radical (unpaired) electrons. The third-order valence-corrected chi connectivity index (χ3v) is 3.01. The van der Waals surface area contributed by atoms with Crippen molar-refractivity contribution in [3.05, 3.63) is 28.8 Å². The molecule has 0 saturated carbocycles. The normalized spacial score (nSPS) is 10.8. The van der Waals surface area contributed by atoms with E-state index in [2.05, 4.69) is 31.3 Å². The molecule has 1 rings (SSSR count). The van der Waals surface area contributed by atoms with Gasteiger partial charge in [0.2, 0.25) is 0 Å². The average Bonchev–Trinajstić information content (AvgIpc) is 2.40. The monoisotopic (exact) mass is 281 g/mol. The lowest BCUT2D eigenvalue weighted by molar-refractivity contribution is 0.0803. The SMILES string of the molecule is CNCc1cc(C)c(OCCOCCCOC)c(C)c1. The molecule has 0 heterocycles. The maximum atomic E-state index is 5.83. The van der Waals surface area contributed by atoms with Gasteiger partial charge in [-0.1, -0.05) is 12.1 Å². The third kappa shape index (κ3) is 5.90.